The van der Waals surface area contributed by atoms with E-state index in [1.54, 1.807) is 18.2 Å². The number of fused-ring (bicyclic) bond motifs is 1. The number of aryl methyl sites for hydroxylation is 1. The maximum Gasteiger partial charge on any atom is 0.256 e. The molecule has 1 aliphatic heterocycles. The first-order valence-electron chi connectivity index (χ1n) is 8.26. The third kappa shape index (κ3) is 3.03. The second kappa shape index (κ2) is 6.47. The van der Waals surface area contributed by atoms with Crippen molar-refractivity contribution in [3.8, 4) is 5.75 Å². The zero-order valence-corrected chi connectivity index (χ0v) is 14.5. The Morgan fingerprint density at radius 1 is 1.32 bits per heavy atom. The summed E-state index contributed by atoms with van der Waals surface area (Å²) in [6.07, 6.45) is 2.59. The number of hydrogen-bond donors (Lipinski definition) is 4. The summed E-state index contributed by atoms with van der Waals surface area (Å²) in [5.74, 6) is -0.254. The summed E-state index contributed by atoms with van der Waals surface area (Å²) in [7, 11) is 0. The molecule has 0 radical (unpaired) electrons. The van der Waals surface area contributed by atoms with Crippen LogP contribution in [0.15, 0.2) is 18.2 Å². The first kappa shape index (κ1) is 16.8. The minimum Gasteiger partial charge on any atom is -0.508 e. The lowest BCUT2D eigenvalue weighted by Gasteiger charge is -2.04. The van der Waals surface area contributed by atoms with Crippen LogP contribution < -0.4 is 10.6 Å². The number of aromatic amines is 1. The van der Waals surface area contributed by atoms with E-state index in [1.165, 1.54) is 6.07 Å². The zero-order chi connectivity index (χ0) is 18.1. The number of carbonyl (C=O) groups excluding carboxylic acids is 2. The average Bonchev–Trinajstić information content (AvgIpc) is 3.02. The molecule has 0 atom stereocenters. The van der Waals surface area contributed by atoms with Crippen molar-refractivity contribution >= 4 is 29.2 Å². The third-order valence-corrected chi connectivity index (χ3v) is 4.31. The van der Waals surface area contributed by atoms with Gasteiger partial charge in [0.15, 0.2) is 0 Å². The molecule has 1 aliphatic rings. The van der Waals surface area contributed by atoms with Gasteiger partial charge in [0.25, 0.3) is 11.8 Å². The lowest BCUT2D eigenvalue weighted by molar-refractivity contribution is -0.110. The van der Waals surface area contributed by atoms with E-state index in [0.717, 1.165) is 17.7 Å². The number of aromatic nitrogens is 1. The van der Waals surface area contributed by atoms with Gasteiger partial charge in [0, 0.05) is 29.2 Å². The first-order valence-corrected chi connectivity index (χ1v) is 8.26. The van der Waals surface area contributed by atoms with Gasteiger partial charge in [-0.05, 0) is 50.1 Å². The molecular weight excluding hydrogens is 318 g/mol. The molecule has 1 aromatic carbocycles. The van der Waals surface area contributed by atoms with Crippen LogP contribution in [0.1, 0.15) is 46.2 Å². The van der Waals surface area contributed by atoms with Gasteiger partial charge >= 0.3 is 0 Å². The topological polar surface area (TPSA) is 94.2 Å². The number of aromatic hydroxyl groups is 1. The van der Waals surface area contributed by atoms with Crippen molar-refractivity contribution in [3.63, 3.8) is 0 Å². The summed E-state index contributed by atoms with van der Waals surface area (Å²) in [5.41, 5.74) is 4.63. The molecule has 1 aromatic heterocycles. The molecule has 4 N–H and O–H groups in total. The monoisotopic (exact) mass is 339 g/mol. The predicted molar refractivity (Wildman–Crippen MR) is 97.5 cm³/mol. The number of phenols is 1. The predicted octanol–water partition coefficient (Wildman–Crippen LogP) is 2.97. The molecule has 2 heterocycles. The minimum atomic E-state index is -0.232. The van der Waals surface area contributed by atoms with Gasteiger partial charge in [-0.25, -0.2) is 0 Å². The fourth-order valence-corrected chi connectivity index (χ4v) is 3.05. The molecular formula is C19H21N3O3. The number of H-pyrrole nitrogens is 1. The average molecular weight is 339 g/mol. The fourth-order valence-electron chi connectivity index (χ4n) is 3.05. The molecule has 6 nitrogen and oxygen atoms in total. The van der Waals surface area contributed by atoms with Gasteiger partial charge < -0.3 is 20.7 Å². The Bertz CT molecular complexity index is 894. The second-order valence-corrected chi connectivity index (χ2v) is 6.16. The van der Waals surface area contributed by atoms with Gasteiger partial charge in [0.2, 0.25) is 0 Å². The van der Waals surface area contributed by atoms with Crippen LogP contribution >= 0.6 is 0 Å². The summed E-state index contributed by atoms with van der Waals surface area (Å²) in [5, 5.41) is 15.3. The highest BCUT2D eigenvalue weighted by molar-refractivity contribution is 6.35. The fraction of sp³-hybridized carbons (Fsp3) is 0.263. The van der Waals surface area contributed by atoms with Crippen molar-refractivity contribution in [2.45, 2.75) is 27.2 Å². The van der Waals surface area contributed by atoms with Gasteiger partial charge in [0.05, 0.1) is 11.1 Å². The maximum absolute atomic E-state index is 12.3. The van der Waals surface area contributed by atoms with E-state index in [1.807, 2.05) is 20.8 Å². The Morgan fingerprint density at radius 3 is 2.80 bits per heavy atom. The molecule has 2 aromatic rings. The Morgan fingerprint density at radius 2 is 2.08 bits per heavy atom. The molecule has 0 bridgehead atoms. The molecule has 25 heavy (non-hydrogen) atoms. The van der Waals surface area contributed by atoms with E-state index < -0.39 is 0 Å². The number of carbonyl (C=O) groups is 2. The van der Waals surface area contributed by atoms with Crippen molar-refractivity contribution in [2.75, 3.05) is 11.9 Å². The molecule has 2 amide bonds. The van der Waals surface area contributed by atoms with E-state index >= 15 is 0 Å². The molecule has 0 unspecified atom stereocenters. The van der Waals surface area contributed by atoms with E-state index in [4.69, 9.17) is 0 Å². The smallest absolute Gasteiger partial charge is 0.256 e. The quantitative estimate of drug-likeness (QED) is 0.509. The summed E-state index contributed by atoms with van der Waals surface area (Å²) >= 11 is 0. The van der Waals surface area contributed by atoms with Crippen LogP contribution in [-0.4, -0.2) is 28.4 Å². The lowest BCUT2D eigenvalue weighted by Crippen LogP contribution is -2.24. The number of rotatable bonds is 4. The van der Waals surface area contributed by atoms with Crippen LogP contribution in [0.5, 0.6) is 5.75 Å². The Hall–Kier alpha value is -3.02. The number of nitrogens with one attached hydrogen (secondary N) is 3. The van der Waals surface area contributed by atoms with E-state index in [0.29, 0.717) is 34.6 Å². The SMILES string of the molecule is CCCNC(=O)c1c(C)[nH]c(/C=C2\C(=O)Nc3ccc(O)cc32)c1C. The van der Waals surface area contributed by atoms with Gasteiger partial charge in [-0.15, -0.1) is 0 Å². The maximum atomic E-state index is 12.3. The largest absolute Gasteiger partial charge is 0.508 e. The van der Waals surface area contributed by atoms with Gasteiger partial charge in [-0.3, -0.25) is 9.59 Å². The standard InChI is InChI=1S/C19H21N3O3/c1-4-7-20-19(25)17-10(2)16(21-11(17)3)9-14-13-8-12(23)5-6-15(13)22-18(14)24/h5-6,8-9,21,23H,4,7H2,1-3H3,(H,20,25)(H,22,24)/b14-9-. The highest BCUT2D eigenvalue weighted by atomic mass is 16.3. The third-order valence-electron chi connectivity index (χ3n) is 4.31. The van der Waals surface area contributed by atoms with Crippen LogP contribution in [0.2, 0.25) is 0 Å². The van der Waals surface area contributed by atoms with Crippen molar-refractivity contribution < 1.29 is 14.7 Å². The first-order chi connectivity index (χ1) is 11.9. The zero-order valence-electron chi connectivity index (χ0n) is 14.5. The number of amides is 2. The van der Waals surface area contributed by atoms with Gasteiger partial charge in [-0.1, -0.05) is 6.92 Å². The Balaban J connectivity index is 2.02. The summed E-state index contributed by atoms with van der Waals surface area (Å²) < 4.78 is 0. The second-order valence-electron chi connectivity index (χ2n) is 6.16. The van der Waals surface area contributed by atoms with Crippen molar-refractivity contribution in [2.24, 2.45) is 0 Å². The highest BCUT2D eigenvalue weighted by Gasteiger charge is 2.26. The molecule has 0 fully saturated rings. The molecule has 0 saturated carbocycles. The van der Waals surface area contributed by atoms with Crippen LogP contribution in [0.3, 0.4) is 0 Å². The van der Waals surface area contributed by atoms with Crippen LogP contribution in [0.25, 0.3) is 11.6 Å². The van der Waals surface area contributed by atoms with Crippen LogP contribution in [0, 0.1) is 13.8 Å². The van der Waals surface area contributed by atoms with Crippen LogP contribution in [0.4, 0.5) is 5.69 Å². The van der Waals surface area contributed by atoms with E-state index in [9.17, 15) is 14.7 Å². The molecule has 6 heteroatoms. The molecule has 130 valence electrons. The number of benzene rings is 1. The molecule has 3 rings (SSSR count). The summed E-state index contributed by atoms with van der Waals surface area (Å²) in [6.45, 7) is 6.31. The highest BCUT2D eigenvalue weighted by Crippen LogP contribution is 2.36. The molecule has 0 saturated heterocycles. The molecule has 0 spiro atoms. The van der Waals surface area contributed by atoms with Crippen LogP contribution in [-0.2, 0) is 4.79 Å². The number of hydrogen-bond acceptors (Lipinski definition) is 3. The van der Waals surface area contributed by atoms with Crippen molar-refractivity contribution in [1.29, 1.82) is 0 Å². The summed E-state index contributed by atoms with van der Waals surface area (Å²) in [6, 6.07) is 4.75. The molecule has 0 aliphatic carbocycles. The van der Waals surface area contributed by atoms with E-state index in [2.05, 4.69) is 15.6 Å². The lowest BCUT2D eigenvalue weighted by atomic mass is 10.0. The Labute approximate surface area is 146 Å². The van der Waals surface area contributed by atoms with Gasteiger partial charge in [-0.2, -0.15) is 0 Å². The number of phenolic OH excluding ortho intramolecular Hbond substituents is 1. The van der Waals surface area contributed by atoms with Gasteiger partial charge in [0.1, 0.15) is 5.75 Å². The minimum absolute atomic E-state index is 0.0974. The normalized spacial score (nSPS) is 14.5. The van der Waals surface area contributed by atoms with E-state index in [-0.39, 0.29) is 17.6 Å². The number of anilines is 1. The van der Waals surface area contributed by atoms with Crippen molar-refractivity contribution in [3.05, 3.63) is 46.3 Å². The summed E-state index contributed by atoms with van der Waals surface area (Å²) in [4.78, 5) is 27.8. The van der Waals surface area contributed by atoms with Crippen molar-refractivity contribution in [1.82, 2.24) is 10.3 Å². The Kier molecular flexibility index (Phi) is 4.35.